The third-order valence-corrected chi connectivity index (χ3v) is 4.80. The quantitative estimate of drug-likeness (QED) is 0.829. The molecule has 2 amide bonds. The maximum atomic E-state index is 12.9. The molecule has 0 aliphatic carbocycles. The Hall–Kier alpha value is -2.78. The monoisotopic (exact) mass is 388 g/mol. The first kappa shape index (κ1) is 17.6. The summed E-state index contributed by atoms with van der Waals surface area (Å²) in [6, 6.07) is 3.25. The van der Waals surface area contributed by atoms with E-state index in [-0.39, 0.29) is 11.7 Å². The Morgan fingerprint density at radius 2 is 2.07 bits per heavy atom. The van der Waals surface area contributed by atoms with E-state index in [0.29, 0.717) is 30.4 Å². The van der Waals surface area contributed by atoms with E-state index in [9.17, 15) is 9.59 Å². The molecule has 4 rings (SSSR count). The number of halogens is 1. The predicted octanol–water partition coefficient (Wildman–Crippen LogP) is 1.39. The average Bonchev–Trinajstić information content (AvgIpc) is 2.98. The molecular weight excluding hydrogens is 372 g/mol. The summed E-state index contributed by atoms with van der Waals surface area (Å²) in [5.74, 6) is -0.412. The highest BCUT2D eigenvalue weighted by Gasteiger charge is 2.38. The number of carbonyl (C=O) groups excluding carboxylic acids is 2. The number of aromatic nitrogens is 3. The fourth-order valence-corrected chi connectivity index (χ4v) is 3.31. The Morgan fingerprint density at radius 3 is 2.85 bits per heavy atom. The van der Waals surface area contributed by atoms with Crippen LogP contribution in [0.4, 0.5) is 4.79 Å². The lowest BCUT2D eigenvalue weighted by atomic mass is 10.1. The van der Waals surface area contributed by atoms with Gasteiger partial charge in [0.2, 0.25) is 6.23 Å². The zero-order valence-corrected chi connectivity index (χ0v) is 15.3. The van der Waals surface area contributed by atoms with Crippen molar-refractivity contribution in [1.82, 2.24) is 30.1 Å². The van der Waals surface area contributed by atoms with E-state index >= 15 is 0 Å². The van der Waals surface area contributed by atoms with Gasteiger partial charge in [0, 0.05) is 38.2 Å². The number of hydrogen-bond acceptors (Lipinski definition) is 7. The van der Waals surface area contributed by atoms with Gasteiger partial charge in [0.15, 0.2) is 5.69 Å². The first-order chi connectivity index (χ1) is 13.0. The molecule has 2 aromatic heterocycles. The minimum absolute atomic E-state index is 0.171. The molecule has 140 valence electrons. The summed E-state index contributed by atoms with van der Waals surface area (Å²) in [6.07, 6.45) is 2.93. The number of rotatable bonds is 2. The molecule has 0 radical (unpaired) electrons. The normalized spacial score (nSPS) is 22.3. The summed E-state index contributed by atoms with van der Waals surface area (Å²) >= 11 is 5.92. The van der Waals surface area contributed by atoms with Crippen molar-refractivity contribution in [2.45, 2.75) is 12.3 Å². The molecule has 1 N–H and O–H groups in total. The van der Waals surface area contributed by atoms with E-state index in [2.05, 4.69) is 25.2 Å². The zero-order valence-electron chi connectivity index (χ0n) is 14.5. The molecule has 0 spiro atoms. The summed E-state index contributed by atoms with van der Waals surface area (Å²) in [5.41, 5.74) is 1.20. The second kappa shape index (κ2) is 7.09. The minimum atomic E-state index is -0.952. The molecule has 0 saturated carbocycles. The van der Waals surface area contributed by atoms with Gasteiger partial charge in [-0.1, -0.05) is 11.6 Å². The number of amides is 2. The number of piperazine rings is 1. The van der Waals surface area contributed by atoms with Crippen molar-refractivity contribution in [2.24, 2.45) is 0 Å². The van der Waals surface area contributed by atoms with Gasteiger partial charge in [-0.25, -0.2) is 9.78 Å². The lowest BCUT2D eigenvalue weighted by Crippen LogP contribution is -2.50. The first-order valence-electron chi connectivity index (χ1n) is 8.42. The molecule has 2 atom stereocenters. The molecule has 1 saturated heterocycles. The summed E-state index contributed by atoms with van der Waals surface area (Å²) in [7, 11) is 1.98. The van der Waals surface area contributed by atoms with Gasteiger partial charge in [0.05, 0.1) is 16.8 Å². The van der Waals surface area contributed by atoms with Crippen molar-refractivity contribution in [3.63, 3.8) is 0 Å². The number of fused-ring (bicyclic) bond motifs is 1. The van der Waals surface area contributed by atoms with Crippen molar-refractivity contribution in [2.75, 3.05) is 26.7 Å². The third-order valence-electron chi connectivity index (χ3n) is 4.58. The standard InChI is InChI=1S/C17H17ClN6O3/c1-23-6-7-24(12(9-23)11-3-2-10(18)8-21-11)17(26)27-16-14-13(15(25)22-16)19-4-5-20-14/h2-5,8,12,16H,6-7,9H2,1H3,(H,22,25)/t12?,16-/m0/s1. The number of nitrogens with zero attached hydrogens (tertiary/aromatic N) is 5. The van der Waals surface area contributed by atoms with Crippen LogP contribution in [0.5, 0.6) is 0 Å². The van der Waals surface area contributed by atoms with Crippen LogP contribution in [0.3, 0.4) is 0 Å². The Kier molecular flexibility index (Phi) is 4.63. The lowest BCUT2D eigenvalue weighted by molar-refractivity contribution is 0.0190. The van der Waals surface area contributed by atoms with Gasteiger partial charge in [0.1, 0.15) is 5.69 Å². The third kappa shape index (κ3) is 3.43. The average molecular weight is 389 g/mol. The van der Waals surface area contributed by atoms with Crippen LogP contribution in [-0.2, 0) is 4.74 Å². The van der Waals surface area contributed by atoms with E-state index in [1.807, 2.05) is 7.05 Å². The van der Waals surface area contributed by atoms with Gasteiger partial charge >= 0.3 is 6.09 Å². The van der Waals surface area contributed by atoms with Gasteiger partial charge in [-0.3, -0.25) is 19.7 Å². The van der Waals surface area contributed by atoms with E-state index in [1.165, 1.54) is 12.4 Å². The van der Waals surface area contributed by atoms with Gasteiger partial charge in [-0.2, -0.15) is 0 Å². The number of carbonyl (C=O) groups is 2. The molecule has 2 aliphatic heterocycles. The molecule has 1 fully saturated rings. The molecule has 0 bridgehead atoms. The largest absolute Gasteiger partial charge is 0.419 e. The summed E-state index contributed by atoms with van der Waals surface area (Å²) in [5, 5.41) is 3.11. The highest BCUT2D eigenvalue weighted by molar-refractivity contribution is 6.30. The smallest absolute Gasteiger partial charge is 0.412 e. The molecule has 0 aromatic carbocycles. The number of pyridine rings is 1. The fourth-order valence-electron chi connectivity index (χ4n) is 3.20. The van der Waals surface area contributed by atoms with E-state index < -0.39 is 18.2 Å². The molecule has 2 aromatic rings. The van der Waals surface area contributed by atoms with Gasteiger partial charge in [0.25, 0.3) is 5.91 Å². The number of hydrogen-bond donors (Lipinski definition) is 1. The molecule has 9 nitrogen and oxygen atoms in total. The van der Waals surface area contributed by atoms with Crippen LogP contribution in [0.25, 0.3) is 0 Å². The summed E-state index contributed by atoms with van der Waals surface area (Å²) < 4.78 is 5.54. The van der Waals surface area contributed by atoms with Crippen molar-refractivity contribution in [3.05, 3.63) is 52.8 Å². The maximum Gasteiger partial charge on any atom is 0.412 e. The van der Waals surface area contributed by atoms with E-state index in [4.69, 9.17) is 16.3 Å². The molecule has 1 unspecified atom stereocenters. The number of ether oxygens (including phenoxy) is 1. The Bertz CT molecular complexity index is 877. The SMILES string of the molecule is CN1CCN(C(=O)O[C@@H]2NC(=O)c3nccnc32)C(c2ccc(Cl)cn2)C1. The second-order valence-corrected chi connectivity index (χ2v) is 6.84. The van der Waals surface area contributed by atoms with Crippen LogP contribution in [0.1, 0.15) is 34.1 Å². The number of nitrogens with one attached hydrogen (secondary N) is 1. The highest BCUT2D eigenvalue weighted by Crippen LogP contribution is 2.28. The molecule has 27 heavy (non-hydrogen) atoms. The van der Waals surface area contributed by atoms with Crippen molar-refractivity contribution >= 4 is 23.6 Å². The van der Waals surface area contributed by atoms with E-state index in [0.717, 1.165) is 5.69 Å². The lowest BCUT2D eigenvalue weighted by Gasteiger charge is -2.39. The first-order valence-corrected chi connectivity index (χ1v) is 8.80. The van der Waals surface area contributed by atoms with Crippen molar-refractivity contribution in [1.29, 1.82) is 0 Å². The van der Waals surface area contributed by atoms with E-state index in [1.54, 1.807) is 23.2 Å². The van der Waals surface area contributed by atoms with Crippen LogP contribution in [-0.4, -0.2) is 63.4 Å². The second-order valence-electron chi connectivity index (χ2n) is 6.40. The van der Waals surface area contributed by atoms with Crippen molar-refractivity contribution in [3.8, 4) is 0 Å². The predicted molar refractivity (Wildman–Crippen MR) is 94.9 cm³/mol. The Balaban J connectivity index is 1.55. The highest BCUT2D eigenvalue weighted by atomic mass is 35.5. The van der Waals surface area contributed by atoms with Crippen LogP contribution in [0, 0.1) is 0 Å². The summed E-state index contributed by atoms with van der Waals surface area (Å²) in [4.78, 5) is 41.0. The molecule has 2 aliphatic rings. The minimum Gasteiger partial charge on any atom is -0.419 e. The zero-order chi connectivity index (χ0) is 19.0. The van der Waals surface area contributed by atoms with Crippen LogP contribution in [0.2, 0.25) is 5.02 Å². The maximum absolute atomic E-state index is 12.9. The molecule has 4 heterocycles. The van der Waals surface area contributed by atoms with Gasteiger partial charge in [-0.15, -0.1) is 0 Å². The summed E-state index contributed by atoms with van der Waals surface area (Å²) in [6.45, 7) is 1.78. The molecule has 10 heteroatoms. The fraction of sp³-hybridized carbons (Fsp3) is 0.353. The Labute approximate surface area is 160 Å². The van der Waals surface area contributed by atoms with Gasteiger partial charge in [-0.05, 0) is 19.2 Å². The van der Waals surface area contributed by atoms with Crippen LogP contribution in [0.15, 0.2) is 30.7 Å². The van der Waals surface area contributed by atoms with Crippen LogP contribution < -0.4 is 5.32 Å². The number of likely N-dealkylation sites (N-methyl/N-ethyl adjacent to an activating group) is 1. The molecular formula is C17H17ClN6O3. The van der Waals surface area contributed by atoms with Crippen molar-refractivity contribution < 1.29 is 14.3 Å². The van der Waals surface area contributed by atoms with Crippen LogP contribution >= 0.6 is 11.6 Å². The Morgan fingerprint density at radius 1 is 1.26 bits per heavy atom. The topological polar surface area (TPSA) is 101 Å². The van der Waals surface area contributed by atoms with Gasteiger partial charge < -0.3 is 15.0 Å².